The van der Waals surface area contributed by atoms with Gasteiger partial charge >= 0.3 is 0 Å². The summed E-state index contributed by atoms with van der Waals surface area (Å²) in [4.78, 5) is 21.2. The van der Waals surface area contributed by atoms with Gasteiger partial charge in [-0.3, -0.25) is 14.7 Å². The maximum absolute atomic E-state index is 12.5. The van der Waals surface area contributed by atoms with Crippen LogP contribution in [-0.2, 0) is 6.54 Å². The number of piperidine rings is 1. The molecule has 0 spiro atoms. The summed E-state index contributed by atoms with van der Waals surface area (Å²) in [6, 6.07) is 4.22. The minimum atomic E-state index is 0.0544. The fraction of sp³-hybridized carbons (Fsp3) is 0.600. The molecule has 0 aromatic carbocycles. The second-order valence-corrected chi connectivity index (χ2v) is 5.69. The van der Waals surface area contributed by atoms with Crippen LogP contribution in [0.1, 0.15) is 35.3 Å². The molecule has 2 saturated heterocycles. The normalized spacial score (nSPS) is 23.4. The van der Waals surface area contributed by atoms with Gasteiger partial charge in [-0.05, 0) is 31.0 Å². The van der Waals surface area contributed by atoms with E-state index in [1.807, 2.05) is 11.0 Å². The van der Waals surface area contributed by atoms with E-state index in [-0.39, 0.29) is 5.91 Å². The Bertz CT molecular complexity index is 473. The molecule has 2 N–H and O–H groups in total. The van der Waals surface area contributed by atoms with Gasteiger partial charge in [0, 0.05) is 38.4 Å². The summed E-state index contributed by atoms with van der Waals surface area (Å²) >= 11 is 0. The van der Waals surface area contributed by atoms with Crippen LogP contribution in [0.15, 0.2) is 18.3 Å². The number of hydrogen-bond donors (Lipinski definition) is 1. The van der Waals surface area contributed by atoms with Crippen molar-refractivity contribution in [2.45, 2.75) is 31.8 Å². The van der Waals surface area contributed by atoms with E-state index in [4.69, 9.17) is 5.73 Å². The molecule has 1 unspecified atom stereocenters. The number of hydrogen-bond acceptors (Lipinski definition) is 4. The Kier molecular flexibility index (Phi) is 3.98. The lowest BCUT2D eigenvalue weighted by molar-refractivity contribution is 0.0368. The van der Waals surface area contributed by atoms with Crippen LogP contribution >= 0.6 is 0 Å². The van der Waals surface area contributed by atoms with Gasteiger partial charge in [-0.25, -0.2) is 0 Å². The SMILES string of the molecule is NCc1ccc(C(=O)N2CCN3CCCCC3C2)nc1. The molecule has 3 rings (SSSR count). The molecule has 20 heavy (non-hydrogen) atoms. The molecule has 108 valence electrons. The zero-order valence-corrected chi connectivity index (χ0v) is 11.8. The summed E-state index contributed by atoms with van der Waals surface area (Å²) in [5.74, 6) is 0.0544. The van der Waals surface area contributed by atoms with Crippen molar-refractivity contribution in [3.63, 3.8) is 0 Å². The van der Waals surface area contributed by atoms with E-state index in [0.29, 0.717) is 18.3 Å². The van der Waals surface area contributed by atoms with Crippen LogP contribution < -0.4 is 5.73 Å². The molecule has 1 amide bonds. The zero-order valence-electron chi connectivity index (χ0n) is 11.8. The fourth-order valence-corrected chi connectivity index (χ4v) is 3.17. The smallest absolute Gasteiger partial charge is 0.272 e. The van der Waals surface area contributed by atoms with Crippen molar-refractivity contribution >= 4 is 5.91 Å². The van der Waals surface area contributed by atoms with Crippen LogP contribution in [0.4, 0.5) is 0 Å². The monoisotopic (exact) mass is 274 g/mol. The average Bonchev–Trinajstić information content (AvgIpc) is 2.54. The third-order valence-corrected chi connectivity index (χ3v) is 4.40. The average molecular weight is 274 g/mol. The Morgan fingerprint density at radius 3 is 2.95 bits per heavy atom. The minimum Gasteiger partial charge on any atom is -0.334 e. The molecular weight excluding hydrogens is 252 g/mol. The van der Waals surface area contributed by atoms with Crippen molar-refractivity contribution in [1.82, 2.24) is 14.8 Å². The van der Waals surface area contributed by atoms with E-state index in [9.17, 15) is 4.79 Å². The molecule has 0 aliphatic carbocycles. The van der Waals surface area contributed by atoms with Gasteiger partial charge in [0.25, 0.3) is 5.91 Å². The molecule has 1 atom stereocenters. The lowest BCUT2D eigenvalue weighted by Crippen LogP contribution is -2.56. The van der Waals surface area contributed by atoms with Gasteiger partial charge in [0.1, 0.15) is 5.69 Å². The molecule has 0 saturated carbocycles. The first-order valence-corrected chi connectivity index (χ1v) is 7.46. The van der Waals surface area contributed by atoms with Gasteiger partial charge in [-0.15, -0.1) is 0 Å². The Hall–Kier alpha value is -1.46. The Labute approximate surface area is 119 Å². The molecule has 0 radical (unpaired) electrons. The minimum absolute atomic E-state index is 0.0544. The standard InChI is InChI=1S/C15H22N4O/c16-9-12-4-5-14(17-10-12)15(20)19-8-7-18-6-2-1-3-13(18)11-19/h4-5,10,13H,1-3,6-9,11,16H2. The Morgan fingerprint density at radius 2 is 2.20 bits per heavy atom. The number of pyridine rings is 1. The maximum Gasteiger partial charge on any atom is 0.272 e. The van der Waals surface area contributed by atoms with Crippen LogP contribution in [0.5, 0.6) is 0 Å². The van der Waals surface area contributed by atoms with E-state index in [1.54, 1.807) is 12.3 Å². The van der Waals surface area contributed by atoms with Crippen LogP contribution in [0.25, 0.3) is 0 Å². The van der Waals surface area contributed by atoms with Crippen molar-refractivity contribution in [2.75, 3.05) is 26.2 Å². The number of carbonyl (C=O) groups is 1. The van der Waals surface area contributed by atoms with E-state index in [0.717, 1.165) is 25.2 Å². The van der Waals surface area contributed by atoms with Crippen LogP contribution in [-0.4, -0.2) is 52.9 Å². The molecular formula is C15H22N4O. The van der Waals surface area contributed by atoms with E-state index in [1.165, 1.54) is 25.8 Å². The van der Waals surface area contributed by atoms with E-state index >= 15 is 0 Å². The van der Waals surface area contributed by atoms with Crippen molar-refractivity contribution in [3.8, 4) is 0 Å². The predicted molar refractivity (Wildman–Crippen MR) is 77.2 cm³/mol. The van der Waals surface area contributed by atoms with Crippen LogP contribution in [0.2, 0.25) is 0 Å². The summed E-state index contributed by atoms with van der Waals surface area (Å²) in [6.45, 7) is 4.31. The first kappa shape index (κ1) is 13.5. The molecule has 5 heteroatoms. The first-order valence-electron chi connectivity index (χ1n) is 7.46. The van der Waals surface area contributed by atoms with Gasteiger partial charge in [-0.2, -0.15) is 0 Å². The molecule has 2 aliphatic rings. The maximum atomic E-state index is 12.5. The number of aromatic nitrogens is 1. The molecule has 5 nitrogen and oxygen atoms in total. The molecule has 2 aliphatic heterocycles. The van der Waals surface area contributed by atoms with Crippen molar-refractivity contribution in [3.05, 3.63) is 29.6 Å². The van der Waals surface area contributed by atoms with Crippen molar-refractivity contribution < 1.29 is 4.79 Å². The number of fused-ring (bicyclic) bond motifs is 1. The number of nitrogens with two attached hydrogens (primary N) is 1. The first-order chi connectivity index (χ1) is 9.78. The molecule has 1 aromatic rings. The highest BCUT2D eigenvalue weighted by Crippen LogP contribution is 2.21. The van der Waals surface area contributed by atoms with Gasteiger partial charge in [-0.1, -0.05) is 12.5 Å². The number of rotatable bonds is 2. The Balaban J connectivity index is 1.67. The summed E-state index contributed by atoms with van der Waals surface area (Å²) in [5.41, 5.74) is 7.04. The molecule has 0 bridgehead atoms. The van der Waals surface area contributed by atoms with E-state index < -0.39 is 0 Å². The lowest BCUT2D eigenvalue weighted by atomic mass is 9.99. The lowest BCUT2D eigenvalue weighted by Gasteiger charge is -2.43. The third-order valence-electron chi connectivity index (χ3n) is 4.40. The number of amides is 1. The van der Waals surface area contributed by atoms with Gasteiger partial charge in [0.2, 0.25) is 0 Å². The van der Waals surface area contributed by atoms with Gasteiger partial charge in [0.05, 0.1) is 0 Å². The van der Waals surface area contributed by atoms with Gasteiger partial charge in [0.15, 0.2) is 0 Å². The van der Waals surface area contributed by atoms with Crippen molar-refractivity contribution in [1.29, 1.82) is 0 Å². The highest BCUT2D eigenvalue weighted by molar-refractivity contribution is 5.92. The topological polar surface area (TPSA) is 62.5 Å². The number of carbonyl (C=O) groups excluding carboxylic acids is 1. The summed E-state index contributed by atoms with van der Waals surface area (Å²) in [5, 5.41) is 0. The molecule has 1 aromatic heterocycles. The Morgan fingerprint density at radius 1 is 1.30 bits per heavy atom. The predicted octanol–water partition coefficient (Wildman–Crippen LogP) is 0.851. The molecule has 2 fully saturated rings. The summed E-state index contributed by atoms with van der Waals surface area (Å²) < 4.78 is 0. The van der Waals surface area contributed by atoms with Crippen molar-refractivity contribution in [2.24, 2.45) is 5.73 Å². The summed E-state index contributed by atoms with van der Waals surface area (Å²) in [6.07, 6.45) is 5.49. The summed E-state index contributed by atoms with van der Waals surface area (Å²) in [7, 11) is 0. The zero-order chi connectivity index (χ0) is 13.9. The second-order valence-electron chi connectivity index (χ2n) is 5.69. The van der Waals surface area contributed by atoms with Crippen LogP contribution in [0.3, 0.4) is 0 Å². The number of piperazine rings is 1. The number of nitrogens with zero attached hydrogens (tertiary/aromatic N) is 3. The second kappa shape index (κ2) is 5.89. The largest absolute Gasteiger partial charge is 0.334 e. The quantitative estimate of drug-likeness (QED) is 0.868. The fourth-order valence-electron chi connectivity index (χ4n) is 3.17. The van der Waals surface area contributed by atoms with Crippen LogP contribution in [0, 0.1) is 0 Å². The van der Waals surface area contributed by atoms with Gasteiger partial charge < -0.3 is 10.6 Å². The van der Waals surface area contributed by atoms with E-state index in [2.05, 4.69) is 9.88 Å². The highest BCUT2D eigenvalue weighted by atomic mass is 16.2. The third kappa shape index (κ3) is 2.69. The highest BCUT2D eigenvalue weighted by Gasteiger charge is 2.31. The molecule has 3 heterocycles.